The fraction of sp³-hybridized carbons (Fsp3) is 0. The van der Waals surface area contributed by atoms with Gasteiger partial charge in [-0.05, 0) is 104 Å². The molecule has 0 bridgehead atoms. The number of anilines is 3. The maximum Gasteiger partial charge on any atom is 0.0547 e. The van der Waals surface area contributed by atoms with Gasteiger partial charge in [0.1, 0.15) is 0 Å². The van der Waals surface area contributed by atoms with Gasteiger partial charge in [-0.2, -0.15) is 0 Å². The first kappa shape index (κ1) is 30.0. The van der Waals surface area contributed by atoms with Gasteiger partial charge in [-0.3, -0.25) is 0 Å². The van der Waals surface area contributed by atoms with Crippen LogP contribution in [0.15, 0.2) is 206 Å². The Balaban J connectivity index is 1.18. The van der Waals surface area contributed by atoms with Crippen LogP contribution in [0.2, 0.25) is 0 Å². The van der Waals surface area contributed by atoms with E-state index < -0.39 is 0 Å². The van der Waals surface area contributed by atoms with E-state index in [1.807, 2.05) is 0 Å². The molecule has 0 spiro atoms. The standard InChI is InChI=1S/C50H34N2/c1-2-20-40(21-3-1)52-48-28-9-8-25-47(48)50-46(27-13-29-49(50)52)39-19-11-23-42(34-39)51(43-31-30-35-14-4-5-16-37(35)32-43)41-22-10-18-38(33-41)45-26-12-17-36-15-6-7-24-44(36)45/h1-34H. The molecular weight excluding hydrogens is 629 g/mol. The lowest BCUT2D eigenvalue weighted by molar-refractivity contribution is 1.18. The molecule has 0 N–H and O–H groups in total. The predicted molar refractivity (Wildman–Crippen MR) is 221 cm³/mol. The van der Waals surface area contributed by atoms with Crippen molar-refractivity contribution in [3.8, 4) is 27.9 Å². The summed E-state index contributed by atoms with van der Waals surface area (Å²) in [4.78, 5) is 2.40. The SMILES string of the molecule is c1ccc(-n2c3ccccc3c3c(-c4cccc(N(c5cccc(-c6cccc7ccccc67)c5)c5ccc6ccccc6c5)c4)cccc32)cc1. The molecule has 2 heteroatoms. The van der Waals surface area contributed by atoms with Gasteiger partial charge in [0.15, 0.2) is 0 Å². The van der Waals surface area contributed by atoms with Crippen LogP contribution in [0.25, 0.3) is 71.3 Å². The van der Waals surface area contributed by atoms with Crippen molar-refractivity contribution in [2.75, 3.05) is 4.90 Å². The van der Waals surface area contributed by atoms with Crippen molar-refractivity contribution in [3.63, 3.8) is 0 Å². The molecule has 10 aromatic rings. The highest BCUT2D eigenvalue weighted by Crippen LogP contribution is 2.43. The molecule has 0 radical (unpaired) electrons. The van der Waals surface area contributed by atoms with Gasteiger partial charge in [-0.25, -0.2) is 0 Å². The molecule has 0 saturated carbocycles. The molecule has 0 saturated heterocycles. The van der Waals surface area contributed by atoms with Crippen molar-refractivity contribution >= 4 is 60.4 Å². The number of hydrogen-bond acceptors (Lipinski definition) is 1. The summed E-state index contributed by atoms with van der Waals surface area (Å²) in [5.41, 5.74) is 11.7. The van der Waals surface area contributed by atoms with Gasteiger partial charge in [0.05, 0.1) is 11.0 Å². The van der Waals surface area contributed by atoms with Crippen molar-refractivity contribution in [1.82, 2.24) is 4.57 Å². The average molecular weight is 663 g/mol. The van der Waals surface area contributed by atoms with E-state index in [0.717, 1.165) is 22.7 Å². The third-order valence-electron chi connectivity index (χ3n) is 10.3. The Labute approximate surface area is 303 Å². The Morgan fingerprint density at radius 1 is 0.327 bits per heavy atom. The Kier molecular flexibility index (Phi) is 7.18. The maximum absolute atomic E-state index is 2.40. The highest BCUT2D eigenvalue weighted by atomic mass is 15.1. The zero-order chi connectivity index (χ0) is 34.4. The van der Waals surface area contributed by atoms with E-state index in [1.165, 1.54) is 65.6 Å². The van der Waals surface area contributed by atoms with Gasteiger partial charge in [-0.1, -0.05) is 146 Å². The summed E-state index contributed by atoms with van der Waals surface area (Å²) >= 11 is 0. The molecule has 244 valence electrons. The Morgan fingerprint density at radius 3 is 1.69 bits per heavy atom. The van der Waals surface area contributed by atoms with Crippen LogP contribution >= 0.6 is 0 Å². The molecule has 0 aliphatic heterocycles. The molecule has 0 aliphatic carbocycles. The second-order valence-electron chi connectivity index (χ2n) is 13.4. The van der Waals surface area contributed by atoms with Crippen LogP contribution in [0.4, 0.5) is 17.1 Å². The zero-order valence-electron chi connectivity index (χ0n) is 28.5. The molecule has 1 heterocycles. The van der Waals surface area contributed by atoms with Gasteiger partial charge in [0, 0.05) is 33.5 Å². The van der Waals surface area contributed by atoms with Crippen molar-refractivity contribution in [2.45, 2.75) is 0 Å². The van der Waals surface area contributed by atoms with Crippen LogP contribution in [-0.4, -0.2) is 4.57 Å². The summed E-state index contributed by atoms with van der Waals surface area (Å²) < 4.78 is 2.39. The third-order valence-corrected chi connectivity index (χ3v) is 10.3. The highest BCUT2D eigenvalue weighted by molar-refractivity contribution is 6.16. The Morgan fingerprint density at radius 2 is 0.885 bits per heavy atom. The lowest BCUT2D eigenvalue weighted by Crippen LogP contribution is -2.10. The minimum atomic E-state index is 1.10. The number of rotatable bonds is 6. The second kappa shape index (κ2) is 12.5. The van der Waals surface area contributed by atoms with Crippen LogP contribution in [0.5, 0.6) is 0 Å². The lowest BCUT2D eigenvalue weighted by atomic mass is 9.97. The summed E-state index contributed by atoms with van der Waals surface area (Å²) in [6.45, 7) is 0. The summed E-state index contributed by atoms with van der Waals surface area (Å²) in [6, 6.07) is 74.7. The molecule has 2 nitrogen and oxygen atoms in total. The van der Waals surface area contributed by atoms with E-state index >= 15 is 0 Å². The number of aromatic nitrogens is 1. The Bertz CT molecular complexity index is 2910. The van der Waals surface area contributed by atoms with Gasteiger partial charge in [0.2, 0.25) is 0 Å². The molecular formula is C50H34N2. The predicted octanol–water partition coefficient (Wildman–Crippen LogP) is 13.9. The quantitative estimate of drug-likeness (QED) is 0.172. The number of fused-ring (bicyclic) bond motifs is 5. The monoisotopic (exact) mass is 662 g/mol. The first-order valence-electron chi connectivity index (χ1n) is 17.9. The van der Waals surface area contributed by atoms with Crippen molar-refractivity contribution < 1.29 is 0 Å². The van der Waals surface area contributed by atoms with Crippen LogP contribution in [0.1, 0.15) is 0 Å². The topological polar surface area (TPSA) is 8.17 Å². The first-order chi connectivity index (χ1) is 25.8. The molecule has 0 unspecified atom stereocenters. The maximum atomic E-state index is 2.40. The Hall–Kier alpha value is -6.90. The average Bonchev–Trinajstić information content (AvgIpc) is 3.56. The van der Waals surface area contributed by atoms with E-state index in [-0.39, 0.29) is 0 Å². The summed E-state index contributed by atoms with van der Waals surface area (Å²) in [7, 11) is 0. The summed E-state index contributed by atoms with van der Waals surface area (Å²) in [5, 5.41) is 7.44. The molecule has 10 rings (SSSR count). The fourth-order valence-electron chi connectivity index (χ4n) is 7.98. The van der Waals surface area contributed by atoms with E-state index in [9.17, 15) is 0 Å². The van der Waals surface area contributed by atoms with Gasteiger partial charge in [0.25, 0.3) is 0 Å². The molecule has 0 fully saturated rings. The zero-order valence-corrected chi connectivity index (χ0v) is 28.5. The summed E-state index contributed by atoms with van der Waals surface area (Å²) in [6.07, 6.45) is 0. The van der Waals surface area contributed by atoms with Crippen LogP contribution < -0.4 is 4.90 Å². The number of para-hydroxylation sites is 2. The van der Waals surface area contributed by atoms with Crippen molar-refractivity contribution in [2.24, 2.45) is 0 Å². The van der Waals surface area contributed by atoms with Crippen LogP contribution in [0.3, 0.4) is 0 Å². The largest absolute Gasteiger partial charge is 0.310 e. The summed E-state index contributed by atoms with van der Waals surface area (Å²) in [5.74, 6) is 0. The lowest BCUT2D eigenvalue weighted by Gasteiger charge is -2.27. The number of nitrogens with zero attached hydrogens (tertiary/aromatic N) is 2. The molecule has 0 amide bonds. The minimum absolute atomic E-state index is 1.10. The minimum Gasteiger partial charge on any atom is -0.310 e. The van der Waals surface area contributed by atoms with Crippen LogP contribution in [0, 0.1) is 0 Å². The van der Waals surface area contributed by atoms with Gasteiger partial charge < -0.3 is 9.47 Å². The smallest absolute Gasteiger partial charge is 0.0547 e. The molecule has 0 atom stereocenters. The molecule has 9 aromatic carbocycles. The van der Waals surface area contributed by atoms with Gasteiger partial charge >= 0.3 is 0 Å². The van der Waals surface area contributed by atoms with E-state index in [1.54, 1.807) is 0 Å². The van der Waals surface area contributed by atoms with Crippen LogP contribution in [-0.2, 0) is 0 Å². The number of benzene rings is 9. The van der Waals surface area contributed by atoms with Crippen molar-refractivity contribution in [1.29, 1.82) is 0 Å². The van der Waals surface area contributed by atoms with Gasteiger partial charge in [-0.15, -0.1) is 0 Å². The van der Waals surface area contributed by atoms with E-state index in [2.05, 4.69) is 216 Å². The van der Waals surface area contributed by atoms with Crippen molar-refractivity contribution in [3.05, 3.63) is 206 Å². The first-order valence-corrected chi connectivity index (χ1v) is 17.9. The second-order valence-corrected chi connectivity index (χ2v) is 13.4. The molecule has 1 aromatic heterocycles. The van der Waals surface area contributed by atoms with E-state index in [0.29, 0.717) is 0 Å². The number of hydrogen-bond donors (Lipinski definition) is 0. The third kappa shape index (κ3) is 5.04. The van der Waals surface area contributed by atoms with E-state index in [4.69, 9.17) is 0 Å². The fourth-order valence-corrected chi connectivity index (χ4v) is 7.98. The highest BCUT2D eigenvalue weighted by Gasteiger charge is 2.19. The molecule has 52 heavy (non-hydrogen) atoms. The normalized spacial score (nSPS) is 11.5. The molecule has 0 aliphatic rings.